The Hall–Kier alpha value is -0.430. The van der Waals surface area contributed by atoms with E-state index < -0.39 is 6.61 Å². The van der Waals surface area contributed by atoms with E-state index in [1.165, 1.54) is 6.07 Å². The van der Waals surface area contributed by atoms with Crippen molar-refractivity contribution in [2.75, 3.05) is 0 Å². The number of hydrogen-bond acceptors (Lipinski definition) is 2. The van der Waals surface area contributed by atoms with Gasteiger partial charge in [-0.15, -0.1) is 0 Å². The van der Waals surface area contributed by atoms with Crippen LogP contribution in [0.15, 0.2) is 24.3 Å². The normalized spacial score (nSPS) is 10.5. The second kappa shape index (κ2) is 5.33. The molecule has 0 atom stereocenters. The fourth-order valence-electron chi connectivity index (χ4n) is 0.933. The first-order valence-electron chi connectivity index (χ1n) is 3.60. The second-order valence-electron chi connectivity index (χ2n) is 2.30. The van der Waals surface area contributed by atoms with Gasteiger partial charge in [0.25, 0.3) is 0 Å². The molecule has 0 aromatic heterocycles. The molecule has 0 bridgehead atoms. The number of ether oxygens (including phenoxy) is 1. The van der Waals surface area contributed by atoms with Crippen LogP contribution >= 0.6 is 22.9 Å². The van der Waals surface area contributed by atoms with E-state index in [1.54, 1.807) is 18.2 Å². The minimum absolute atomic E-state index is 0.224. The van der Waals surface area contributed by atoms with Crippen LogP contribution in [0.3, 0.4) is 0 Å². The topological polar surface area (TPSA) is 21.3 Å². The molecule has 0 fully saturated rings. The van der Waals surface area contributed by atoms with E-state index in [-0.39, 0.29) is 5.75 Å². The van der Waals surface area contributed by atoms with E-state index in [0.717, 1.165) is 5.56 Å². The fourth-order valence-corrected chi connectivity index (χ4v) is 1.34. The van der Waals surface area contributed by atoms with Crippen molar-refractivity contribution >= 4 is 22.9 Å². The first kappa shape index (κ1) is 10.6. The minimum atomic E-state index is -2.77. The number of hydrogen-bond donors (Lipinski definition) is 1. The maximum atomic E-state index is 11.9. The third kappa shape index (κ3) is 3.43. The van der Waals surface area contributed by atoms with E-state index >= 15 is 0 Å². The van der Waals surface area contributed by atoms with Gasteiger partial charge in [-0.05, 0) is 6.07 Å². The summed E-state index contributed by atoms with van der Waals surface area (Å²) in [4.78, 5) is 0. The zero-order chi connectivity index (χ0) is 9.68. The lowest BCUT2D eigenvalue weighted by Gasteiger charge is -2.08. The lowest BCUT2D eigenvalue weighted by atomic mass is 10.2. The molecule has 1 aromatic carbocycles. The van der Waals surface area contributed by atoms with Crippen LogP contribution in [0.5, 0.6) is 5.75 Å². The number of halogens is 3. The molecular weight excluding hydrogens is 291 g/mol. The minimum Gasteiger partial charge on any atom is -0.434 e. The Labute approximate surface area is 88.8 Å². The van der Waals surface area contributed by atoms with Crippen LogP contribution in [0, 0.1) is 0 Å². The van der Waals surface area contributed by atoms with Gasteiger partial charge in [-0.25, -0.2) is 0 Å². The molecule has 0 spiro atoms. The smallest absolute Gasteiger partial charge is 0.387 e. The van der Waals surface area contributed by atoms with E-state index in [9.17, 15) is 8.78 Å². The predicted octanol–water partition coefficient (Wildman–Crippen LogP) is 2.73. The maximum Gasteiger partial charge on any atom is 0.387 e. The van der Waals surface area contributed by atoms with Crippen LogP contribution in [0.2, 0.25) is 0 Å². The first-order chi connectivity index (χ1) is 6.24. The summed E-state index contributed by atoms with van der Waals surface area (Å²) in [6.45, 7) is -2.26. The van der Waals surface area contributed by atoms with Gasteiger partial charge in [-0.1, -0.05) is 18.2 Å². The molecule has 1 aromatic rings. The van der Waals surface area contributed by atoms with E-state index in [2.05, 4.69) is 8.27 Å². The molecule has 0 radical (unpaired) electrons. The highest BCUT2D eigenvalue weighted by molar-refractivity contribution is 14.1. The van der Waals surface area contributed by atoms with Gasteiger partial charge in [-0.2, -0.15) is 8.78 Å². The highest BCUT2D eigenvalue weighted by atomic mass is 127. The average Bonchev–Trinajstić information content (AvgIpc) is 2.08. The Morgan fingerprint density at radius 3 is 2.69 bits per heavy atom. The monoisotopic (exact) mass is 299 g/mol. The molecule has 2 nitrogen and oxygen atoms in total. The molecule has 0 aliphatic rings. The number of alkyl halides is 2. The average molecular weight is 299 g/mol. The molecule has 0 unspecified atom stereocenters. The molecule has 1 N–H and O–H groups in total. The third-order valence-corrected chi connectivity index (χ3v) is 1.83. The summed E-state index contributed by atoms with van der Waals surface area (Å²) in [5, 5.41) is 0. The Morgan fingerprint density at radius 2 is 2.08 bits per heavy atom. The summed E-state index contributed by atoms with van der Waals surface area (Å²) in [7, 11) is 0. The van der Waals surface area contributed by atoms with Crippen molar-refractivity contribution in [3.05, 3.63) is 29.8 Å². The number of benzene rings is 1. The van der Waals surface area contributed by atoms with Crippen LogP contribution in [0.25, 0.3) is 0 Å². The van der Waals surface area contributed by atoms with Crippen molar-refractivity contribution in [1.82, 2.24) is 3.53 Å². The molecule has 72 valence electrons. The molecule has 0 aliphatic heterocycles. The van der Waals surface area contributed by atoms with E-state index in [0.29, 0.717) is 6.54 Å². The summed E-state index contributed by atoms with van der Waals surface area (Å²) in [5.74, 6) is 0.224. The molecule has 0 heterocycles. The lowest BCUT2D eigenvalue weighted by Crippen LogP contribution is -2.06. The van der Waals surface area contributed by atoms with Gasteiger partial charge < -0.3 is 4.74 Å². The van der Waals surface area contributed by atoms with Crippen molar-refractivity contribution in [2.24, 2.45) is 0 Å². The molecule has 5 heteroatoms. The maximum absolute atomic E-state index is 11.9. The highest BCUT2D eigenvalue weighted by Gasteiger charge is 2.07. The van der Waals surface area contributed by atoms with Crippen molar-refractivity contribution in [2.45, 2.75) is 13.2 Å². The van der Waals surface area contributed by atoms with Crippen molar-refractivity contribution < 1.29 is 13.5 Å². The molecule has 0 saturated heterocycles. The van der Waals surface area contributed by atoms with Gasteiger partial charge in [0, 0.05) is 35.0 Å². The summed E-state index contributed by atoms with van der Waals surface area (Å²) in [6, 6.07) is 6.70. The first-order valence-corrected chi connectivity index (χ1v) is 4.68. The van der Waals surface area contributed by atoms with E-state index in [4.69, 9.17) is 0 Å². The summed E-state index contributed by atoms with van der Waals surface area (Å²) in [6.07, 6.45) is 0. The Morgan fingerprint density at radius 1 is 1.38 bits per heavy atom. The van der Waals surface area contributed by atoms with Crippen LogP contribution in [0.4, 0.5) is 8.78 Å². The van der Waals surface area contributed by atoms with Crippen LogP contribution in [-0.2, 0) is 6.54 Å². The Bertz CT molecular complexity index is 270. The van der Waals surface area contributed by atoms with Crippen LogP contribution in [0.1, 0.15) is 5.56 Å². The second-order valence-corrected chi connectivity index (χ2v) is 3.06. The highest BCUT2D eigenvalue weighted by Crippen LogP contribution is 2.19. The zero-order valence-electron chi connectivity index (χ0n) is 6.64. The van der Waals surface area contributed by atoms with Gasteiger partial charge in [0.2, 0.25) is 0 Å². The summed E-state index contributed by atoms with van der Waals surface area (Å²) < 4.78 is 31.0. The van der Waals surface area contributed by atoms with Gasteiger partial charge in [0.15, 0.2) is 0 Å². The van der Waals surface area contributed by atoms with Crippen molar-refractivity contribution in [1.29, 1.82) is 0 Å². The summed E-state index contributed by atoms with van der Waals surface area (Å²) >= 11 is 1.95. The molecule has 13 heavy (non-hydrogen) atoms. The van der Waals surface area contributed by atoms with Gasteiger partial charge in [0.1, 0.15) is 5.75 Å². The van der Waals surface area contributed by atoms with Gasteiger partial charge in [-0.3, -0.25) is 3.53 Å². The molecule has 1 rings (SSSR count). The summed E-state index contributed by atoms with van der Waals surface area (Å²) in [5.41, 5.74) is 0.720. The SMILES string of the molecule is FC(F)Oc1ccccc1CNI. The number of nitrogens with one attached hydrogen (secondary N) is 1. The molecule has 0 amide bonds. The number of rotatable bonds is 4. The quantitative estimate of drug-likeness (QED) is 0.682. The van der Waals surface area contributed by atoms with Crippen molar-refractivity contribution in [3.8, 4) is 5.75 Å². The Kier molecular flexibility index (Phi) is 4.37. The Balaban J connectivity index is 2.78. The molecule has 0 saturated carbocycles. The van der Waals surface area contributed by atoms with Crippen LogP contribution < -0.4 is 8.27 Å². The van der Waals surface area contributed by atoms with Gasteiger partial charge >= 0.3 is 6.61 Å². The number of para-hydroxylation sites is 1. The van der Waals surface area contributed by atoms with Crippen LogP contribution in [-0.4, -0.2) is 6.61 Å². The standard InChI is InChI=1S/C8H8F2INO/c9-8(10)13-7-4-2-1-3-6(7)5-12-11/h1-4,8,12H,5H2. The predicted molar refractivity (Wildman–Crippen MR) is 53.9 cm³/mol. The lowest BCUT2D eigenvalue weighted by molar-refractivity contribution is -0.0504. The van der Waals surface area contributed by atoms with Crippen molar-refractivity contribution in [3.63, 3.8) is 0 Å². The van der Waals surface area contributed by atoms with Gasteiger partial charge in [0.05, 0.1) is 0 Å². The third-order valence-electron chi connectivity index (χ3n) is 1.45. The fraction of sp³-hybridized carbons (Fsp3) is 0.250. The zero-order valence-corrected chi connectivity index (χ0v) is 8.79. The molecule has 0 aliphatic carbocycles. The molecular formula is C8H8F2INO. The van der Waals surface area contributed by atoms with E-state index in [1.807, 2.05) is 22.9 Å². The largest absolute Gasteiger partial charge is 0.434 e.